The zero-order chi connectivity index (χ0) is 11.5. The van der Waals surface area contributed by atoms with Gasteiger partial charge in [0.2, 0.25) is 0 Å². The normalized spacial score (nSPS) is 11.5. The van der Waals surface area contributed by atoms with Crippen LogP contribution in [0, 0.1) is 12.3 Å². The van der Waals surface area contributed by atoms with Gasteiger partial charge in [0, 0.05) is 5.75 Å². The number of ether oxygens (including phenoxy) is 1. The van der Waals surface area contributed by atoms with Crippen molar-refractivity contribution in [2.45, 2.75) is 25.1 Å². The lowest BCUT2D eigenvalue weighted by atomic mass is 9.97. The van der Waals surface area contributed by atoms with Crippen molar-refractivity contribution in [3.8, 4) is 0 Å². The predicted molar refractivity (Wildman–Crippen MR) is 61.2 cm³/mol. The molecule has 84 valence electrons. The Labute approximate surface area is 97.4 Å². The molecule has 1 heterocycles. The fourth-order valence-electron chi connectivity index (χ4n) is 0.914. The SMILES string of the molecule is COC(=O)C(C)(C)CSc1nnc(C)s1. The molecular weight excluding hydrogens is 232 g/mol. The summed E-state index contributed by atoms with van der Waals surface area (Å²) in [5.41, 5.74) is -0.487. The molecule has 0 aliphatic carbocycles. The number of thioether (sulfide) groups is 1. The molecule has 1 aromatic rings. The monoisotopic (exact) mass is 246 g/mol. The molecule has 0 aliphatic rings. The second-order valence-electron chi connectivity index (χ2n) is 3.75. The number of hydrogen-bond acceptors (Lipinski definition) is 6. The minimum Gasteiger partial charge on any atom is -0.469 e. The van der Waals surface area contributed by atoms with Crippen LogP contribution in [-0.2, 0) is 9.53 Å². The Morgan fingerprint density at radius 1 is 1.53 bits per heavy atom. The predicted octanol–water partition coefficient (Wildman–Crippen LogP) is 2.14. The summed E-state index contributed by atoms with van der Waals surface area (Å²) < 4.78 is 5.62. The number of carbonyl (C=O) groups is 1. The lowest BCUT2D eigenvalue weighted by molar-refractivity contribution is -0.149. The van der Waals surface area contributed by atoms with Crippen molar-refractivity contribution in [1.29, 1.82) is 0 Å². The van der Waals surface area contributed by atoms with Crippen molar-refractivity contribution >= 4 is 29.1 Å². The van der Waals surface area contributed by atoms with Crippen molar-refractivity contribution in [1.82, 2.24) is 10.2 Å². The van der Waals surface area contributed by atoms with Gasteiger partial charge in [-0.25, -0.2) is 0 Å². The molecule has 15 heavy (non-hydrogen) atoms. The van der Waals surface area contributed by atoms with E-state index in [9.17, 15) is 4.79 Å². The van der Waals surface area contributed by atoms with Crippen LogP contribution < -0.4 is 0 Å². The number of esters is 1. The summed E-state index contributed by atoms with van der Waals surface area (Å²) in [6, 6.07) is 0. The molecule has 0 N–H and O–H groups in total. The smallest absolute Gasteiger partial charge is 0.312 e. The summed E-state index contributed by atoms with van der Waals surface area (Å²) in [7, 11) is 1.41. The van der Waals surface area contributed by atoms with Gasteiger partial charge in [0.05, 0.1) is 12.5 Å². The Morgan fingerprint density at radius 2 is 2.20 bits per heavy atom. The van der Waals surface area contributed by atoms with Crippen LogP contribution >= 0.6 is 23.1 Å². The first-order valence-corrected chi connectivity index (χ1v) is 6.27. The fraction of sp³-hybridized carbons (Fsp3) is 0.667. The van der Waals surface area contributed by atoms with Crippen LogP contribution in [0.1, 0.15) is 18.9 Å². The van der Waals surface area contributed by atoms with Gasteiger partial charge in [-0.1, -0.05) is 23.1 Å². The largest absolute Gasteiger partial charge is 0.469 e. The van der Waals surface area contributed by atoms with Crippen LogP contribution in [0.15, 0.2) is 4.34 Å². The van der Waals surface area contributed by atoms with Crippen molar-refractivity contribution in [2.24, 2.45) is 5.41 Å². The van der Waals surface area contributed by atoms with Crippen LogP contribution in [0.2, 0.25) is 0 Å². The van der Waals surface area contributed by atoms with Gasteiger partial charge in [0.15, 0.2) is 4.34 Å². The van der Waals surface area contributed by atoms with Crippen molar-refractivity contribution in [3.05, 3.63) is 5.01 Å². The maximum Gasteiger partial charge on any atom is 0.312 e. The second-order valence-corrected chi connectivity index (χ2v) is 6.16. The van der Waals surface area contributed by atoms with Crippen LogP contribution in [0.4, 0.5) is 0 Å². The standard InChI is InChI=1S/C9H14N2O2S2/c1-6-10-11-8(15-6)14-5-9(2,3)7(12)13-4/h5H2,1-4H3. The van der Waals surface area contributed by atoms with Gasteiger partial charge in [-0.2, -0.15) is 0 Å². The van der Waals surface area contributed by atoms with Gasteiger partial charge < -0.3 is 4.74 Å². The number of hydrogen-bond donors (Lipinski definition) is 0. The fourth-order valence-corrected chi connectivity index (χ4v) is 2.81. The number of aromatic nitrogens is 2. The van der Waals surface area contributed by atoms with Gasteiger partial charge >= 0.3 is 5.97 Å². The Kier molecular flexibility index (Phi) is 4.10. The highest BCUT2D eigenvalue weighted by Gasteiger charge is 2.29. The quantitative estimate of drug-likeness (QED) is 0.602. The van der Waals surface area contributed by atoms with E-state index in [-0.39, 0.29) is 5.97 Å². The number of carbonyl (C=O) groups excluding carboxylic acids is 1. The third-order valence-electron chi connectivity index (χ3n) is 1.80. The van der Waals surface area contributed by atoms with Crippen molar-refractivity contribution < 1.29 is 9.53 Å². The molecular formula is C9H14N2O2S2. The van der Waals surface area contributed by atoms with E-state index in [1.165, 1.54) is 30.2 Å². The average Bonchev–Trinajstić information content (AvgIpc) is 2.60. The molecule has 0 bridgehead atoms. The van der Waals surface area contributed by atoms with Crippen LogP contribution in [0.3, 0.4) is 0 Å². The number of aryl methyl sites for hydroxylation is 1. The molecule has 0 aliphatic heterocycles. The summed E-state index contributed by atoms with van der Waals surface area (Å²) in [6.07, 6.45) is 0. The molecule has 1 rings (SSSR count). The van der Waals surface area contributed by atoms with E-state index in [0.717, 1.165) is 9.35 Å². The molecule has 0 spiro atoms. The Balaban J connectivity index is 2.53. The van der Waals surface area contributed by atoms with E-state index in [1.807, 2.05) is 20.8 Å². The van der Waals surface area contributed by atoms with Gasteiger partial charge in [0.25, 0.3) is 0 Å². The van der Waals surface area contributed by atoms with Gasteiger partial charge in [-0.15, -0.1) is 10.2 Å². The van der Waals surface area contributed by atoms with Crippen LogP contribution in [-0.4, -0.2) is 29.0 Å². The minimum absolute atomic E-state index is 0.198. The average molecular weight is 246 g/mol. The zero-order valence-electron chi connectivity index (χ0n) is 9.23. The molecule has 0 unspecified atom stereocenters. The van der Waals surface area contributed by atoms with Crippen LogP contribution in [0.5, 0.6) is 0 Å². The third kappa shape index (κ3) is 3.46. The Bertz CT molecular complexity index is 350. The Hall–Kier alpha value is -0.620. The summed E-state index contributed by atoms with van der Waals surface area (Å²) >= 11 is 3.07. The van der Waals surface area contributed by atoms with E-state index < -0.39 is 5.41 Å². The Morgan fingerprint density at radius 3 is 2.67 bits per heavy atom. The van der Waals surface area contributed by atoms with E-state index >= 15 is 0 Å². The van der Waals surface area contributed by atoms with Crippen molar-refractivity contribution in [3.63, 3.8) is 0 Å². The first-order valence-electron chi connectivity index (χ1n) is 4.47. The summed E-state index contributed by atoms with van der Waals surface area (Å²) in [4.78, 5) is 11.4. The van der Waals surface area contributed by atoms with Crippen molar-refractivity contribution in [2.75, 3.05) is 12.9 Å². The second kappa shape index (κ2) is 4.94. The highest BCUT2D eigenvalue weighted by atomic mass is 32.2. The van der Waals surface area contributed by atoms with Gasteiger partial charge in [0.1, 0.15) is 5.01 Å². The summed E-state index contributed by atoms with van der Waals surface area (Å²) in [6.45, 7) is 5.63. The first kappa shape index (κ1) is 12.4. The maximum atomic E-state index is 11.4. The first-order chi connectivity index (χ1) is 6.95. The van der Waals surface area contributed by atoms with E-state index in [1.54, 1.807) is 0 Å². The van der Waals surface area contributed by atoms with E-state index in [4.69, 9.17) is 4.74 Å². The lowest BCUT2D eigenvalue weighted by Gasteiger charge is -2.19. The minimum atomic E-state index is -0.487. The molecule has 0 amide bonds. The highest BCUT2D eigenvalue weighted by molar-refractivity contribution is 8.01. The zero-order valence-corrected chi connectivity index (χ0v) is 10.9. The van der Waals surface area contributed by atoms with E-state index in [0.29, 0.717) is 5.75 Å². The maximum absolute atomic E-state index is 11.4. The topological polar surface area (TPSA) is 52.1 Å². The number of methoxy groups -OCH3 is 1. The molecule has 6 heteroatoms. The van der Waals surface area contributed by atoms with Crippen LogP contribution in [0.25, 0.3) is 0 Å². The molecule has 0 fully saturated rings. The molecule has 0 saturated carbocycles. The molecule has 0 radical (unpaired) electrons. The molecule has 0 saturated heterocycles. The summed E-state index contributed by atoms with van der Waals surface area (Å²) in [5.74, 6) is 0.449. The number of nitrogens with zero attached hydrogens (tertiary/aromatic N) is 2. The highest BCUT2D eigenvalue weighted by Crippen LogP contribution is 2.30. The summed E-state index contributed by atoms with van der Waals surface area (Å²) in [5, 5.41) is 8.84. The molecule has 4 nitrogen and oxygen atoms in total. The third-order valence-corrected chi connectivity index (χ3v) is 4.23. The molecule has 0 aromatic carbocycles. The van der Waals surface area contributed by atoms with E-state index in [2.05, 4.69) is 10.2 Å². The number of rotatable bonds is 4. The van der Waals surface area contributed by atoms with Gasteiger partial charge in [-0.05, 0) is 20.8 Å². The molecule has 0 atom stereocenters. The van der Waals surface area contributed by atoms with Gasteiger partial charge in [-0.3, -0.25) is 4.79 Å². The molecule has 1 aromatic heterocycles. The lowest BCUT2D eigenvalue weighted by Crippen LogP contribution is -2.28.